The second kappa shape index (κ2) is 5.41. The number of hydrogen-bond donors (Lipinski definition) is 1. The van der Waals surface area contributed by atoms with Crippen LogP contribution in [0.15, 0.2) is 42.5 Å². The number of halogens is 1. The number of aryl methyl sites for hydroxylation is 1. The monoisotopic (exact) mass is 258 g/mol. The summed E-state index contributed by atoms with van der Waals surface area (Å²) < 4.78 is 13.1. The standard InChI is InChI=1S/C16H19FN2/c1-11-9-13(17)7-8-15(11)16(18)12-5-4-6-14(10-12)19(2)3/h4-10,16H,18H2,1-3H3. The second-order valence-electron chi connectivity index (χ2n) is 4.97. The van der Waals surface area contributed by atoms with Gasteiger partial charge in [-0.15, -0.1) is 0 Å². The van der Waals surface area contributed by atoms with E-state index in [1.54, 1.807) is 6.07 Å². The van der Waals surface area contributed by atoms with Gasteiger partial charge in [0.25, 0.3) is 0 Å². The first-order valence-corrected chi connectivity index (χ1v) is 6.28. The lowest BCUT2D eigenvalue weighted by Crippen LogP contribution is -2.15. The first-order valence-electron chi connectivity index (χ1n) is 6.28. The molecule has 0 radical (unpaired) electrons. The van der Waals surface area contributed by atoms with Gasteiger partial charge in [0, 0.05) is 19.8 Å². The first kappa shape index (κ1) is 13.6. The summed E-state index contributed by atoms with van der Waals surface area (Å²) in [5.74, 6) is -0.226. The molecule has 0 amide bonds. The van der Waals surface area contributed by atoms with E-state index in [9.17, 15) is 4.39 Å². The quantitative estimate of drug-likeness (QED) is 0.915. The van der Waals surface area contributed by atoms with Crippen LogP contribution in [0, 0.1) is 12.7 Å². The molecule has 0 spiro atoms. The van der Waals surface area contributed by atoms with Crippen molar-refractivity contribution in [3.05, 3.63) is 65.0 Å². The lowest BCUT2D eigenvalue weighted by molar-refractivity contribution is 0.624. The average molecular weight is 258 g/mol. The maximum Gasteiger partial charge on any atom is 0.123 e. The van der Waals surface area contributed by atoms with E-state index in [-0.39, 0.29) is 11.9 Å². The lowest BCUT2D eigenvalue weighted by Gasteiger charge is -2.18. The van der Waals surface area contributed by atoms with E-state index in [1.807, 2.05) is 44.1 Å². The van der Waals surface area contributed by atoms with Crippen molar-refractivity contribution < 1.29 is 4.39 Å². The topological polar surface area (TPSA) is 29.3 Å². The largest absolute Gasteiger partial charge is 0.378 e. The smallest absolute Gasteiger partial charge is 0.123 e. The molecule has 2 N–H and O–H groups in total. The summed E-state index contributed by atoms with van der Waals surface area (Å²) in [5, 5.41) is 0. The normalized spacial score (nSPS) is 12.3. The summed E-state index contributed by atoms with van der Waals surface area (Å²) in [6.07, 6.45) is 0. The minimum atomic E-state index is -0.236. The van der Waals surface area contributed by atoms with Gasteiger partial charge in [-0.2, -0.15) is 0 Å². The first-order chi connectivity index (χ1) is 8.99. The minimum Gasteiger partial charge on any atom is -0.378 e. The molecule has 0 aliphatic carbocycles. The van der Waals surface area contributed by atoms with Gasteiger partial charge in [0.05, 0.1) is 6.04 Å². The van der Waals surface area contributed by atoms with Gasteiger partial charge in [-0.3, -0.25) is 0 Å². The zero-order valence-corrected chi connectivity index (χ0v) is 11.5. The van der Waals surface area contributed by atoms with E-state index < -0.39 is 0 Å². The molecule has 3 heteroatoms. The van der Waals surface area contributed by atoms with Gasteiger partial charge >= 0.3 is 0 Å². The minimum absolute atomic E-state index is 0.226. The molecular weight excluding hydrogens is 239 g/mol. The lowest BCUT2D eigenvalue weighted by atomic mass is 9.95. The van der Waals surface area contributed by atoms with Crippen LogP contribution in [0.3, 0.4) is 0 Å². The molecular formula is C16H19FN2. The summed E-state index contributed by atoms with van der Waals surface area (Å²) in [6, 6.07) is 12.6. The molecule has 0 heterocycles. The van der Waals surface area contributed by atoms with Crippen molar-refractivity contribution in [1.29, 1.82) is 0 Å². The Hall–Kier alpha value is -1.87. The molecule has 2 aromatic rings. The molecule has 19 heavy (non-hydrogen) atoms. The van der Waals surface area contributed by atoms with Crippen molar-refractivity contribution >= 4 is 5.69 Å². The number of benzene rings is 2. The number of nitrogens with zero attached hydrogens (tertiary/aromatic N) is 1. The zero-order valence-electron chi connectivity index (χ0n) is 11.5. The zero-order chi connectivity index (χ0) is 14.0. The molecule has 2 rings (SSSR count). The van der Waals surface area contributed by atoms with Gasteiger partial charge in [-0.1, -0.05) is 18.2 Å². The highest BCUT2D eigenvalue weighted by molar-refractivity contribution is 5.49. The Balaban J connectivity index is 2.38. The Morgan fingerprint density at radius 3 is 2.47 bits per heavy atom. The van der Waals surface area contributed by atoms with Crippen LogP contribution in [-0.4, -0.2) is 14.1 Å². The highest BCUT2D eigenvalue weighted by Crippen LogP contribution is 2.25. The van der Waals surface area contributed by atoms with Crippen LogP contribution in [0.1, 0.15) is 22.7 Å². The molecule has 1 atom stereocenters. The Labute approximate surface area is 113 Å². The highest BCUT2D eigenvalue weighted by atomic mass is 19.1. The SMILES string of the molecule is Cc1cc(F)ccc1C(N)c1cccc(N(C)C)c1. The molecule has 0 fully saturated rings. The fourth-order valence-electron chi connectivity index (χ4n) is 2.16. The molecule has 2 aromatic carbocycles. The number of hydrogen-bond acceptors (Lipinski definition) is 2. The maximum absolute atomic E-state index is 13.1. The summed E-state index contributed by atoms with van der Waals surface area (Å²) in [4.78, 5) is 2.04. The third kappa shape index (κ3) is 2.93. The van der Waals surface area contributed by atoms with Gasteiger partial charge < -0.3 is 10.6 Å². The Kier molecular flexibility index (Phi) is 3.86. The highest BCUT2D eigenvalue weighted by Gasteiger charge is 2.12. The fourth-order valence-corrected chi connectivity index (χ4v) is 2.16. The molecule has 0 bridgehead atoms. The van der Waals surface area contributed by atoms with E-state index in [0.717, 1.165) is 22.4 Å². The number of rotatable bonds is 3. The van der Waals surface area contributed by atoms with Gasteiger partial charge in [-0.05, 0) is 47.9 Å². The van der Waals surface area contributed by atoms with Gasteiger partial charge in [0.2, 0.25) is 0 Å². The van der Waals surface area contributed by atoms with Crippen molar-refractivity contribution in [1.82, 2.24) is 0 Å². The second-order valence-corrected chi connectivity index (χ2v) is 4.97. The van der Waals surface area contributed by atoms with Crippen molar-refractivity contribution in [2.45, 2.75) is 13.0 Å². The van der Waals surface area contributed by atoms with Crippen molar-refractivity contribution in [3.63, 3.8) is 0 Å². The Bertz CT molecular complexity index is 579. The summed E-state index contributed by atoms with van der Waals surface area (Å²) in [5.41, 5.74) is 10.3. The van der Waals surface area contributed by atoms with E-state index in [2.05, 4.69) is 6.07 Å². The van der Waals surface area contributed by atoms with Crippen molar-refractivity contribution in [2.75, 3.05) is 19.0 Å². The predicted octanol–water partition coefficient (Wildman–Crippen LogP) is 3.25. The summed E-state index contributed by atoms with van der Waals surface area (Å²) in [6.45, 7) is 1.88. The van der Waals surface area contributed by atoms with Crippen LogP contribution in [0.5, 0.6) is 0 Å². The van der Waals surface area contributed by atoms with E-state index in [4.69, 9.17) is 5.73 Å². The Morgan fingerprint density at radius 1 is 1.11 bits per heavy atom. The maximum atomic E-state index is 13.1. The van der Waals surface area contributed by atoms with Crippen LogP contribution in [-0.2, 0) is 0 Å². The van der Waals surface area contributed by atoms with E-state index in [0.29, 0.717) is 0 Å². The molecule has 0 saturated heterocycles. The molecule has 0 aromatic heterocycles. The third-order valence-electron chi connectivity index (χ3n) is 3.31. The predicted molar refractivity (Wildman–Crippen MR) is 77.9 cm³/mol. The fraction of sp³-hybridized carbons (Fsp3) is 0.250. The molecule has 0 aliphatic heterocycles. The van der Waals surface area contributed by atoms with Gasteiger partial charge in [-0.25, -0.2) is 4.39 Å². The molecule has 0 saturated carbocycles. The molecule has 2 nitrogen and oxygen atoms in total. The average Bonchev–Trinajstić information content (AvgIpc) is 2.38. The molecule has 100 valence electrons. The van der Waals surface area contributed by atoms with Crippen LogP contribution in [0.25, 0.3) is 0 Å². The van der Waals surface area contributed by atoms with Gasteiger partial charge in [0.1, 0.15) is 5.82 Å². The molecule has 0 aliphatic rings. The van der Waals surface area contributed by atoms with Crippen LogP contribution in [0.2, 0.25) is 0 Å². The third-order valence-corrected chi connectivity index (χ3v) is 3.31. The van der Waals surface area contributed by atoms with Crippen LogP contribution in [0.4, 0.5) is 10.1 Å². The Morgan fingerprint density at radius 2 is 1.84 bits per heavy atom. The number of nitrogens with two attached hydrogens (primary N) is 1. The van der Waals surface area contributed by atoms with E-state index in [1.165, 1.54) is 12.1 Å². The molecule has 1 unspecified atom stereocenters. The van der Waals surface area contributed by atoms with E-state index >= 15 is 0 Å². The number of anilines is 1. The van der Waals surface area contributed by atoms with Crippen molar-refractivity contribution in [2.24, 2.45) is 5.73 Å². The van der Waals surface area contributed by atoms with Crippen LogP contribution >= 0.6 is 0 Å². The summed E-state index contributed by atoms with van der Waals surface area (Å²) in [7, 11) is 3.99. The van der Waals surface area contributed by atoms with Crippen LogP contribution < -0.4 is 10.6 Å². The van der Waals surface area contributed by atoms with Crippen molar-refractivity contribution in [3.8, 4) is 0 Å². The van der Waals surface area contributed by atoms with Gasteiger partial charge in [0.15, 0.2) is 0 Å². The summed E-state index contributed by atoms with van der Waals surface area (Å²) >= 11 is 0.